The number of benzene rings is 1. The minimum Gasteiger partial charge on any atom is -0.497 e. The lowest BCUT2D eigenvalue weighted by molar-refractivity contribution is -0.385. The van der Waals surface area contributed by atoms with Crippen LogP contribution in [0, 0.1) is 10.1 Å². The highest BCUT2D eigenvalue weighted by molar-refractivity contribution is 5.51. The summed E-state index contributed by atoms with van der Waals surface area (Å²) in [5.74, 6) is 2.30. The van der Waals surface area contributed by atoms with Crippen molar-refractivity contribution < 1.29 is 14.4 Å². The maximum absolute atomic E-state index is 10.8. The third-order valence-corrected chi connectivity index (χ3v) is 4.29. The smallest absolute Gasteiger partial charge is 0.287 e. The van der Waals surface area contributed by atoms with Crippen LogP contribution < -0.4 is 14.4 Å². The van der Waals surface area contributed by atoms with Crippen LogP contribution in [0.5, 0.6) is 11.5 Å². The van der Waals surface area contributed by atoms with Crippen molar-refractivity contribution in [3.63, 3.8) is 0 Å². The topological polar surface area (TPSA) is 77.7 Å². The fraction of sp³-hybridized carbons (Fsp3) is 0.353. The highest BCUT2D eigenvalue weighted by atomic mass is 16.6. The summed E-state index contributed by atoms with van der Waals surface area (Å²) in [4.78, 5) is 16.8. The molecule has 2 heterocycles. The van der Waals surface area contributed by atoms with Crippen LogP contribution in [0.1, 0.15) is 24.4 Å². The first-order valence-corrected chi connectivity index (χ1v) is 7.73. The van der Waals surface area contributed by atoms with E-state index in [0.717, 1.165) is 42.3 Å². The minimum absolute atomic E-state index is 0.00606. The highest BCUT2D eigenvalue weighted by Gasteiger charge is 2.30. The zero-order valence-corrected chi connectivity index (χ0v) is 13.6. The second-order valence-corrected chi connectivity index (χ2v) is 5.59. The maximum Gasteiger partial charge on any atom is 0.287 e. The molecule has 0 amide bonds. The SMILES string of the molecule is COc1ccc(OC)c([C@H]2CCCN2c2ccc([N+](=O)[O-])cn2)c1. The quantitative estimate of drug-likeness (QED) is 0.618. The van der Waals surface area contributed by atoms with Gasteiger partial charge in [0.25, 0.3) is 5.69 Å². The van der Waals surface area contributed by atoms with Crippen molar-refractivity contribution in [2.45, 2.75) is 18.9 Å². The Balaban J connectivity index is 1.94. The monoisotopic (exact) mass is 329 g/mol. The van der Waals surface area contributed by atoms with E-state index in [0.29, 0.717) is 0 Å². The molecule has 0 radical (unpaired) electrons. The van der Waals surface area contributed by atoms with E-state index in [9.17, 15) is 10.1 Å². The standard InChI is InChI=1S/C17H19N3O4/c1-23-13-6-7-16(24-2)14(10-13)15-4-3-9-19(15)17-8-5-12(11-18-17)20(21)22/h5-8,10-11,15H,3-4,9H2,1-2H3/t15-/m1/s1. The molecule has 1 saturated heterocycles. The lowest BCUT2D eigenvalue weighted by atomic mass is 10.0. The van der Waals surface area contributed by atoms with E-state index in [1.807, 2.05) is 18.2 Å². The van der Waals surface area contributed by atoms with Crippen LogP contribution in [0.25, 0.3) is 0 Å². The van der Waals surface area contributed by atoms with E-state index in [1.165, 1.54) is 12.3 Å². The molecule has 1 fully saturated rings. The molecule has 0 saturated carbocycles. The molecular weight excluding hydrogens is 310 g/mol. The summed E-state index contributed by atoms with van der Waals surface area (Å²) in [6, 6.07) is 9.03. The molecule has 3 rings (SSSR count). The molecule has 0 spiro atoms. The first kappa shape index (κ1) is 16.0. The lowest BCUT2D eigenvalue weighted by Crippen LogP contribution is -2.24. The van der Waals surface area contributed by atoms with Crippen LogP contribution in [0.4, 0.5) is 11.5 Å². The third kappa shape index (κ3) is 2.97. The zero-order chi connectivity index (χ0) is 17.1. The van der Waals surface area contributed by atoms with E-state index in [1.54, 1.807) is 20.3 Å². The zero-order valence-electron chi connectivity index (χ0n) is 13.6. The Kier molecular flexibility index (Phi) is 4.50. The van der Waals surface area contributed by atoms with E-state index >= 15 is 0 Å². The normalized spacial score (nSPS) is 16.9. The van der Waals surface area contributed by atoms with Crippen LogP contribution in [0.3, 0.4) is 0 Å². The second-order valence-electron chi connectivity index (χ2n) is 5.59. The number of nitrogens with zero attached hydrogens (tertiary/aromatic N) is 3. The molecule has 1 aliphatic rings. The molecule has 7 nitrogen and oxygen atoms in total. The largest absolute Gasteiger partial charge is 0.497 e. The van der Waals surface area contributed by atoms with Crippen molar-refractivity contribution in [1.82, 2.24) is 4.98 Å². The average molecular weight is 329 g/mol. The summed E-state index contributed by atoms with van der Waals surface area (Å²) in [6.45, 7) is 0.843. The van der Waals surface area contributed by atoms with Gasteiger partial charge in [-0.3, -0.25) is 10.1 Å². The number of ether oxygens (including phenoxy) is 2. The van der Waals surface area contributed by atoms with Crippen LogP contribution in [-0.4, -0.2) is 30.7 Å². The van der Waals surface area contributed by atoms with E-state index in [4.69, 9.17) is 9.47 Å². The van der Waals surface area contributed by atoms with Crippen molar-refractivity contribution in [2.24, 2.45) is 0 Å². The molecule has 1 aromatic carbocycles. The van der Waals surface area contributed by atoms with Gasteiger partial charge in [0.1, 0.15) is 23.5 Å². The number of methoxy groups -OCH3 is 2. The van der Waals surface area contributed by atoms with Crippen molar-refractivity contribution in [1.29, 1.82) is 0 Å². The fourth-order valence-corrected chi connectivity index (χ4v) is 3.12. The Morgan fingerprint density at radius 1 is 1.25 bits per heavy atom. The van der Waals surface area contributed by atoms with Crippen LogP contribution in [0.15, 0.2) is 36.5 Å². The molecule has 1 aromatic heterocycles. The Morgan fingerprint density at radius 2 is 2.08 bits per heavy atom. The van der Waals surface area contributed by atoms with Crippen LogP contribution >= 0.6 is 0 Å². The first-order valence-electron chi connectivity index (χ1n) is 7.73. The predicted octanol–water partition coefficient (Wildman–Crippen LogP) is 3.35. The molecule has 0 aliphatic carbocycles. The summed E-state index contributed by atoms with van der Waals surface area (Å²) in [6.07, 6.45) is 3.28. The minimum atomic E-state index is -0.441. The summed E-state index contributed by atoms with van der Waals surface area (Å²) >= 11 is 0. The van der Waals surface area contributed by atoms with Gasteiger partial charge in [0.2, 0.25) is 0 Å². The van der Waals surface area contributed by atoms with E-state index in [-0.39, 0.29) is 11.7 Å². The molecule has 0 bridgehead atoms. The summed E-state index contributed by atoms with van der Waals surface area (Å²) in [7, 11) is 3.28. The maximum atomic E-state index is 10.8. The number of nitro groups is 1. The van der Waals surface area contributed by atoms with Crippen molar-refractivity contribution in [2.75, 3.05) is 25.7 Å². The number of aromatic nitrogens is 1. The van der Waals surface area contributed by atoms with Crippen LogP contribution in [-0.2, 0) is 0 Å². The molecule has 24 heavy (non-hydrogen) atoms. The van der Waals surface area contributed by atoms with Crippen LogP contribution in [0.2, 0.25) is 0 Å². The Labute approximate surface area is 140 Å². The van der Waals surface area contributed by atoms with Gasteiger partial charge in [-0.25, -0.2) is 4.98 Å². The molecule has 1 aliphatic heterocycles. The van der Waals surface area contributed by atoms with Crippen molar-refractivity contribution >= 4 is 11.5 Å². The Hall–Kier alpha value is -2.83. The van der Waals surface area contributed by atoms with Gasteiger partial charge in [0.05, 0.1) is 25.2 Å². The lowest BCUT2D eigenvalue weighted by Gasteiger charge is -2.27. The van der Waals surface area contributed by atoms with Gasteiger partial charge in [-0.2, -0.15) is 0 Å². The molecule has 7 heteroatoms. The van der Waals surface area contributed by atoms with Gasteiger partial charge < -0.3 is 14.4 Å². The van der Waals surface area contributed by atoms with Crippen molar-refractivity contribution in [3.8, 4) is 11.5 Å². The Morgan fingerprint density at radius 3 is 2.71 bits per heavy atom. The highest BCUT2D eigenvalue weighted by Crippen LogP contribution is 2.40. The number of rotatable bonds is 5. The fourth-order valence-electron chi connectivity index (χ4n) is 3.12. The summed E-state index contributed by atoms with van der Waals surface area (Å²) in [5, 5.41) is 10.8. The molecule has 0 unspecified atom stereocenters. The van der Waals surface area contributed by atoms with Gasteiger partial charge in [-0.05, 0) is 37.1 Å². The molecule has 2 aromatic rings. The predicted molar refractivity (Wildman–Crippen MR) is 89.8 cm³/mol. The molecule has 1 atom stereocenters. The Bertz CT molecular complexity index is 733. The van der Waals surface area contributed by atoms with Gasteiger partial charge in [-0.1, -0.05) is 0 Å². The number of hydrogen-bond acceptors (Lipinski definition) is 6. The molecule has 0 N–H and O–H groups in total. The van der Waals surface area contributed by atoms with Gasteiger partial charge in [-0.15, -0.1) is 0 Å². The third-order valence-electron chi connectivity index (χ3n) is 4.29. The number of pyridine rings is 1. The summed E-state index contributed by atoms with van der Waals surface area (Å²) < 4.78 is 10.8. The summed E-state index contributed by atoms with van der Waals surface area (Å²) in [5.41, 5.74) is 1.03. The average Bonchev–Trinajstić information content (AvgIpc) is 3.10. The number of anilines is 1. The van der Waals surface area contributed by atoms with E-state index in [2.05, 4.69) is 9.88 Å². The first-order chi connectivity index (χ1) is 11.6. The van der Waals surface area contributed by atoms with Gasteiger partial charge in [0.15, 0.2) is 0 Å². The second kappa shape index (κ2) is 6.74. The molecule has 126 valence electrons. The van der Waals surface area contributed by atoms with Gasteiger partial charge >= 0.3 is 0 Å². The molecular formula is C17H19N3O4. The van der Waals surface area contributed by atoms with Crippen molar-refractivity contribution in [3.05, 3.63) is 52.2 Å². The number of hydrogen-bond donors (Lipinski definition) is 0. The van der Waals surface area contributed by atoms with E-state index < -0.39 is 4.92 Å². The van der Waals surface area contributed by atoms with Gasteiger partial charge in [0, 0.05) is 18.2 Å².